The quantitative estimate of drug-likeness (QED) is 0.453. The monoisotopic (exact) mass is 275 g/mol. The molecule has 0 aliphatic rings. The van der Waals surface area contributed by atoms with Crippen molar-refractivity contribution in [1.29, 1.82) is 0 Å². The van der Waals surface area contributed by atoms with E-state index in [4.69, 9.17) is 23.2 Å². The highest BCUT2D eigenvalue weighted by atomic mass is 35.5. The molecule has 0 aliphatic heterocycles. The number of benzene rings is 1. The Morgan fingerprint density at radius 1 is 1.47 bits per heavy atom. The zero-order valence-electron chi connectivity index (χ0n) is 9.82. The Morgan fingerprint density at radius 3 is 2.53 bits per heavy atom. The first kappa shape index (κ1) is 14.3. The topological polar surface area (TPSA) is 43.1 Å². The molecule has 0 bridgehead atoms. The fourth-order valence-corrected chi connectivity index (χ4v) is 2.25. The third-order valence-electron chi connectivity index (χ3n) is 2.90. The van der Waals surface area contributed by atoms with Crippen molar-refractivity contribution in [2.24, 2.45) is 5.92 Å². The lowest BCUT2D eigenvalue weighted by atomic mass is 9.94. The van der Waals surface area contributed by atoms with E-state index in [0.717, 1.165) is 18.4 Å². The number of alkyl halides is 1. The molecule has 0 saturated carbocycles. The molecule has 2 atom stereocenters. The minimum absolute atomic E-state index is 0.0192. The van der Waals surface area contributed by atoms with Crippen molar-refractivity contribution in [3.05, 3.63) is 38.9 Å². The van der Waals surface area contributed by atoms with Gasteiger partial charge in [-0.15, -0.1) is 11.6 Å². The van der Waals surface area contributed by atoms with Gasteiger partial charge >= 0.3 is 0 Å². The Morgan fingerprint density at radius 2 is 2.12 bits per heavy atom. The maximum absolute atomic E-state index is 10.6. The van der Waals surface area contributed by atoms with Gasteiger partial charge < -0.3 is 0 Å². The summed E-state index contributed by atoms with van der Waals surface area (Å²) in [5.41, 5.74) is 0.933. The van der Waals surface area contributed by atoms with Gasteiger partial charge in [0.2, 0.25) is 0 Å². The van der Waals surface area contributed by atoms with Crippen molar-refractivity contribution < 1.29 is 4.92 Å². The second-order valence-electron chi connectivity index (χ2n) is 4.08. The lowest BCUT2D eigenvalue weighted by Crippen LogP contribution is -2.13. The number of rotatable bonds is 5. The Kier molecular flexibility index (Phi) is 5.22. The van der Waals surface area contributed by atoms with E-state index in [2.05, 4.69) is 6.92 Å². The molecule has 1 rings (SSSR count). The molecule has 94 valence electrons. The van der Waals surface area contributed by atoms with Crippen molar-refractivity contribution in [2.45, 2.75) is 32.1 Å². The highest BCUT2D eigenvalue weighted by Crippen LogP contribution is 2.27. The molecule has 0 heterocycles. The van der Waals surface area contributed by atoms with Gasteiger partial charge in [0, 0.05) is 17.5 Å². The van der Waals surface area contributed by atoms with Crippen LogP contribution < -0.4 is 0 Å². The second-order valence-corrected chi connectivity index (χ2v) is 5.18. The number of non-ortho nitro benzene ring substituents is 1. The van der Waals surface area contributed by atoms with Crippen molar-refractivity contribution in [2.75, 3.05) is 0 Å². The first-order valence-electron chi connectivity index (χ1n) is 5.52. The first-order valence-corrected chi connectivity index (χ1v) is 6.34. The summed E-state index contributed by atoms with van der Waals surface area (Å²) in [6.07, 6.45) is 1.70. The Bertz CT molecular complexity index is 407. The average Bonchev–Trinajstić information content (AvgIpc) is 2.26. The average molecular weight is 276 g/mol. The molecule has 1 aromatic rings. The van der Waals surface area contributed by atoms with Gasteiger partial charge in [-0.25, -0.2) is 0 Å². The molecule has 0 amide bonds. The second kappa shape index (κ2) is 6.22. The van der Waals surface area contributed by atoms with Crippen molar-refractivity contribution in [3.8, 4) is 0 Å². The molecule has 2 unspecified atom stereocenters. The summed E-state index contributed by atoms with van der Waals surface area (Å²) < 4.78 is 0. The molecule has 3 nitrogen and oxygen atoms in total. The van der Waals surface area contributed by atoms with Gasteiger partial charge in [-0.05, 0) is 24.8 Å². The molecule has 0 spiro atoms. The largest absolute Gasteiger partial charge is 0.270 e. The predicted octanol–water partition coefficient (Wildman–Crippen LogP) is 4.44. The van der Waals surface area contributed by atoms with Crippen molar-refractivity contribution >= 4 is 28.9 Å². The fourth-order valence-electron chi connectivity index (χ4n) is 1.73. The maximum Gasteiger partial charge on any atom is 0.270 e. The number of nitrogens with zero attached hydrogens (tertiary/aromatic N) is 1. The molecule has 1 aromatic carbocycles. The summed E-state index contributed by atoms with van der Waals surface area (Å²) in [5, 5.41) is 11.1. The van der Waals surface area contributed by atoms with E-state index < -0.39 is 4.92 Å². The molecule has 0 fully saturated rings. The van der Waals surface area contributed by atoms with Crippen molar-refractivity contribution in [3.63, 3.8) is 0 Å². The normalized spacial score (nSPS) is 14.4. The van der Waals surface area contributed by atoms with Gasteiger partial charge in [-0.2, -0.15) is 0 Å². The number of hydrogen-bond donors (Lipinski definition) is 0. The van der Waals surface area contributed by atoms with E-state index in [1.54, 1.807) is 6.07 Å². The van der Waals surface area contributed by atoms with Gasteiger partial charge in [0.25, 0.3) is 5.69 Å². The van der Waals surface area contributed by atoms with Gasteiger partial charge in [0.05, 0.1) is 9.95 Å². The minimum atomic E-state index is -0.447. The maximum atomic E-state index is 10.6. The number of nitro groups is 1. The highest BCUT2D eigenvalue weighted by Gasteiger charge is 2.16. The molecule has 0 saturated heterocycles. The lowest BCUT2D eigenvalue weighted by Gasteiger charge is -2.17. The van der Waals surface area contributed by atoms with Crippen LogP contribution in [0.1, 0.15) is 25.8 Å². The lowest BCUT2D eigenvalue weighted by molar-refractivity contribution is -0.384. The zero-order chi connectivity index (χ0) is 13.0. The van der Waals surface area contributed by atoms with Gasteiger partial charge in [-0.1, -0.05) is 31.0 Å². The molecular weight excluding hydrogens is 261 g/mol. The summed E-state index contributed by atoms with van der Waals surface area (Å²) in [6.45, 7) is 4.03. The van der Waals surface area contributed by atoms with Crippen LogP contribution in [0.4, 0.5) is 5.69 Å². The molecule has 0 aliphatic carbocycles. The third kappa shape index (κ3) is 3.86. The van der Waals surface area contributed by atoms with Crippen LogP contribution in [0.25, 0.3) is 0 Å². The first-order chi connectivity index (χ1) is 7.95. The van der Waals surface area contributed by atoms with Crippen LogP contribution in [0, 0.1) is 16.0 Å². The van der Waals surface area contributed by atoms with E-state index in [1.165, 1.54) is 12.1 Å². The molecule has 0 N–H and O–H groups in total. The third-order valence-corrected chi connectivity index (χ3v) is 3.61. The van der Waals surface area contributed by atoms with Crippen LogP contribution in [0.15, 0.2) is 18.2 Å². The van der Waals surface area contributed by atoms with Crippen LogP contribution in [-0.2, 0) is 6.42 Å². The van der Waals surface area contributed by atoms with Crippen LogP contribution in [0.5, 0.6) is 0 Å². The number of hydrogen-bond acceptors (Lipinski definition) is 2. The fraction of sp³-hybridized carbons (Fsp3) is 0.500. The van der Waals surface area contributed by atoms with Gasteiger partial charge in [-0.3, -0.25) is 10.1 Å². The molecule has 0 aromatic heterocycles. The smallest absolute Gasteiger partial charge is 0.258 e. The summed E-state index contributed by atoms with van der Waals surface area (Å²) in [5.74, 6) is 0.329. The molecule has 0 radical (unpaired) electrons. The van der Waals surface area contributed by atoms with Crippen LogP contribution in [-0.4, -0.2) is 10.3 Å². The summed E-state index contributed by atoms with van der Waals surface area (Å²) in [6, 6.07) is 4.58. The Balaban J connectivity index is 2.89. The van der Waals surface area contributed by atoms with Gasteiger partial charge in [0.1, 0.15) is 0 Å². The number of nitro benzene ring substituents is 1. The predicted molar refractivity (Wildman–Crippen MR) is 70.9 cm³/mol. The zero-order valence-corrected chi connectivity index (χ0v) is 11.3. The van der Waals surface area contributed by atoms with E-state index >= 15 is 0 Å². The van der Waals surface area contributed by atoms with Crippen LogP contribution in [0.3, 0.4) is 0 Å². The standard InChI is InChI=1S/C12H15Cl2NO2/c1-3-9(8(2)13)6-10-4-5-11(15(16)17)7-12(10)14/h4-5,7-9H,3,6H2,1-2H3. The van der Waals surface area contributed by atoms with E-state index in [-0.39, 0.29) is 11.1 Å². The molecule has 5 heteroatoms. The van der Waals surface area contributed by atoms with Crippen molar-refractivity contribution in [1.82, 2.24) is 0 Å². The molecule has 17 heavy (non-hydrogen) atoms. The van der Waals surface area contributed by atoms with Crippen LogP contribution in [0.2, 0.25) is 5.02 Å². The van der Waals surface area contributed by atoms with E-state index in [9.17, 15) is 10.1 Å². The van der Waals surface area contributed by atoms with E-state index in [1.807, 2.05) is 6.92 Å². The SMILES string of the molecule is CCC(Cc1ccc([N+](=O)[O-])cc1Cl)C(C)Cl. The summed E-state index contributed by atoms with van der Waals surface area (Å²) in [7, 11) is 0. The van der Waals surface area contributed by atoms with Crippen LogP contribution >= 0.6 is 23.2 Å². The van der Waals surface area contributed by atoms with Gasteiger partial charge in [0.15, 0.2) is 0 Å². The minimum Gasteiger partial charge on any atom is -0.258 e. The highest BCUT2D eigenvalue weighted by molar-refractivity contribution is 6.31. The number of halogens is 2. The van der Waals surface area contributed by atoms with E-state index in [0.29, 0.717) is 10.9 Å². The Labute approximate surface area is 111 Å². The summed E-state index contributed by atoms with van der Waals surface area (Å²) >= 11 is 12.1. The molecular formula is C12H15Cl2NO2. The summed E-state index contributed by atoms with van der Waals surface area (Å²) in [4.78, 5) is 10.1. The Hall–Kier alpha value is -0.800.